The van der Waals surface area contributed by atoms with E-state index < -0.39 is 0 Å². The maximum Gasteiger partial charge on any atom is 0.244 e. The van der Waals surface area contributed by atoms with Gasteiger partial charge in [0.05, 0.1) is 22.9 Å². The van der Waals surface area contributed by atoms with Gasteiger partial charge in [0.2, 0.25) is 5.91 Å². The number of benzene rings is 2. The number of carbonyl (C=O) groups is 1. The summed E-state index contributed by atoms with van der Waals surface area (Å²) in [5.41, 5.74) is 4.71. The summed E-state index contributed by atoms with van der Waals surface area (Å²) in [6.07, 6.45) is 4.87. The van der Waals surface area contributed by atoms with Crippen LogP contribution in [0, 0.1) is 0 Å². The Morgan fingerprint density at radius 1 is 1.00 bits per heavy atom. The number of aromatic nitrogens is 2. The van der Waals surface area contributed by atoms with Crippen molar-refractivity contribution in [2.24, 2.45) is 0 Å². The normalized spacial score (nSPS) is 11.4. The molecule has 0 unspecified atom stereocenters. The van der Waals surface area contributed by atoms with Gasteiger partial charge in [0.25, 0.3) is 0 Å². The Bertz CT molecular complexity index is 963. The van der Waals surface area contributed by atoms with Crippen molar-refractivity contribution in [3.8, 4) is 0 Å². The third-order valence-electron chi connectivity index (χ3n) is 4.73. The highest BCUT2D eigenvalue weighted by Crippen LogP contribution is 2.12. The van der Waals surface area contributed by atoms with Crippen molar-refractivity contribution in [3.63, 3.8) is 0 Å². The summed E-state index contributed by atoms with van der Waals surface area (Å²) >= 11 is 0. The number of nitrogens with one attached hydrogen (secondary N) is 1. The number of fused-ring (bicyclic) bond motifs is 1. The van der Waals surface area contributed by atoms with Gasteiger partial charge in [-0.1, -0.05) is 50.2 Å². The molecule has 0 saturated carbocycles. The molecule has 0 aliphatic rings. The Kier molecular flexibility index (Phi) is 6.87. The summed E-state index contributed by atoms with van der Waals surface area (Å²) in [6, 6.07) is 15.9. The van der Waals surface area contributed by atoms with Crippen molar-refractivity contribution in [2.45, 2.75) is 26.9 Å². The number of carbonyl (C=O) groups excluding carboxylic acids is 1. The summed E-state index contributed by atoms with van der Waals surface area (Å²) < 4.78 is 0. The minimum Gasteiger partial charge on any atom is -0.348 e. The molecule has 3 aromatic rings. The molecule has 0 fully saturated rings. The molecule has 0 aliphatic heterocycles. The van der Waals surface area contributed by atoms with Gasteiger partial charge in [-0.15, -0.1) is 0 Å². The first kappa shape index (κ1) is 19.7. The maximum atomic E-state index is 12.2. The van der Waals surface area contributed by atoms with Crippen molar-refractivity contribution >= 4 is 23.0 Å². The Morgan fingerprint density at radius 2 is 1.68 bits per heavy atom. The largest absolute Gasteiger partial charge is 0.348 e. The molecule has 1 heterocycles. The number of amides is 1. The molecule has 5 heteroatoms. The van der Waals surface area contributed by atoms with Crippen LogP contribution in [0.15, 0.2) is 60.8 Å². The average Bonchev–Trinajstić information content (AvgIpc) is 2.75. The minimum absolute atomic E-state index is 0.146. The van der Waals surface area contributed by atoms with E-state index in [0.29, 0.717) is 12.2 Å². The molecular weight excluding hydrogens is 348 g/mol. The first-order valence-corrected chi connectivity index (χ1v) is 9.66. The molecule has 0 spiro atoms. The van der Waals surface area contributed by atoms with E-state index in [-0.39, 0.29) is 5.91 Å². The highest BCUT2D eigenvalue weighted by Gasteiger charge is 2.07. The molecule has 0 bridgehead atoms. The zero-order valence-electron chi connectivity index (χ0n) is 16.4. The maximum absolute atomic E-state index is 12.2. The smallest absolute Gasteiger partial charge is 0.244 e. The van der Waals surface area contributed by atoms with Crippen LogP contribution >= 0.6 is 0 Å². The summed E-state index contributed by atoms with van der Waals surface area (Å²) in [4.78, 5) is 23.5. The first-order valence-electron chi connectivity index (χ1n) is 9.66. The topological polar surface area (TPSA) is 58.1 Å². The van der Waals surface area contributed by atoms with Crippen LogP contribution in [0.4, 0.5) is 0 Å². The molecule has 0 saturated heterocycles. The molecule has 3 rings (SSSR count). The Labute approximate surface area is 166 Å². The fourth-order valence-corrected chi connectivity index (χ4v) is 3.03. The van der Waals surface area contributed by atoms with Crippen molar-refractivity contribution in [1.82, 2.24) is 20.2 Å². The minimum atomic E-state index is -0.146. The molecule has 1 amide bonds. The van der Waals surface area contributed by atoms with Gasteiger partial charge < -0.3 is 5.32 Å². The van der Waals surface area contributed by atoms with Crippen molar-refractivity contribution < 1.29 is 4.79 Å². The summed E-state index contributed by atoms with van der Waals surface area (Å²) in [6.45, 7) is 7.73. The standard InChI is InChI=1S/C23H26N4O/c1-3-27(4-2)17-19-10-6-5-9-18(19)15-25-23(28)14-13-20-16-24-21-11-7-8-12-22(21)26-20/h5-14,16H,3-4,15,17H2,1-2H3,(H,25,28)/b14-13+. The Morgan fingerprint density at radius 3 is 2.43 bits per heavy atom. The number of nitrogens with zero attached hydrogens (tertiary/aromatic N) is 3. The molecule has 1 N–H and O–H groups in total. The van der Waals surface area contributed by atoms with E-state index in [4.69, 9.17) is 0 Å². The van der Waals surface area contributed by atoms with Crippen LogP contribution in [0.2, 0.25) is 0 Å². The molecular formula is C23H26N4O. The zero-order chi connectivity index (χ0) is 19.8. The lowest BCUT2D eigenvalue weighted by atomic mass is 10.1. The van der Waals surface area contributed by atoms with Gasteiger partial charge in [-0.2, -0.15) is 0 Å². The van der Waals surface area contributed by atoms with E-state index in [1.54, 1.807) is 12.3 Å². The lowest BCUT2D eigenvalue weighted by molar-refractivity contribution is -0.116. The monoisotopic (exact) mass is 374 g/mol. The fourth-order valence-electron chi connectivity index (χ4n) is 3.03. The molecule has 5 nitrogen and oxygen atoms in total. The molecule has 0 atom stereocenters. The SMILES string of the molecule is CCN(CC)Cc1ccccc1CNC(=O)/C=C/c1cnc2ccccc2n1. The fraction of sp³-hybridized carbons (Fsp3) is 0.261. The van der Waals surface area contributed by atoms with E-state index in [2.05, 4.69) is 46.2 Å². The van der Waals surface area contributed by atoms with Gasteiger partial charge in [0.15, 0.2) is 0 Å². The summed E-state index contributed by atoms with van der Waals surface area (Å²) in [5.74, 6) is -0.146. The van der Waals surface area contributed by atoms with Gasteiger partial charge in [0.1, 0.15) is 0 Å². The molecule has 2 aromatic carbocycles. The van der Waals surface area contributed by atoms with E-state index in [1.165, 1.54) is 11.6 Å². The van der Waals surface area contributed by atoms with Crippen molar-refractivity contribution in [2.75, 3.05) is 13.1 Å². The third kappa shape index (κ3) is 5.24. The predicted octanol–water partition coefficient (Wildman–Crippen LogP) is 3.80. The van der Waals surface area contributed by atoms with Crippen molar-refractivity contribution in [3.05, 3.63) is 77.6 Å². The molecule has 0 radical (unpaired) electrons. The quantitative estimate of drug-likeness (QED) is 0.609. The van der Waals surface area contributed by atoms with E-state index in [0.717, 1.165) is 36.2 Å². The Hall–Kier alpha value is -3.05. The molecule has 0 aliphatic carbocycles. The van der Waals surface area contributed by atoms with Crippen LogP contribution < -0.4 is 5.32 Å². The van der Waals surface area contributed by atoms with Crippen LogP contribution in [0.1, 0.15) is 30.7 Å². The first-order chi connectivity index (χ1) is 13.7. The number of hydrogen-bond acceptors (Lipinski definition) is 4. The number of rotatable bonds is 8. The van der Waals surface area contributed by atoms with Gasteiger partial charge in [-0.25, -0.2) is 4.98 Å². The summed E-state index contributed by atoms with van der Waals surface area (Å²) in [5, 5.41) is 2.96. The highest BCUT2D eigenvalue weighted by molar-refractivity contribution is 5.91. The second kappa shape index (κ2) is 9.76. The van der Waals surface area contributed by atoms with Gasteiger partial charge in [-0.3, -0.25) is 14.7 Å². The zero-order valence-corrected chi connectivity index (χ0v) is 16.4. The van der Waals surface area contributed by atoms with Crippen LogP contribution in [-0.2, 0) is 17.9 Å². The Balaban J connectivity index is 1.61. The third-order valence-corrected chi connectivity index (χ3v) is 4.73. The van der Waals surface area contributed by atoms with Crippen LogP contribution in [-0.4, -0.2) is 33.9 Å². The van der Waals surface area contributed by atoms with Crippen molar-refractivity contribution in [1.29, 1.82) is 0 Å². The van der Waals surface area contributed by atoms with E-state index in [1.807, 2.05) is 36.4 Å². The van der Waals surface area contributed by atoms with Gasteiger partial charge in [-0.05, 0) is 42.4 Å². The predicted molar refractivity (Wildman–Crippen MR) is 113 cm³/mol. The van der Waals surface area contributed by atoms with Crippen LogP contribution in [0.25, 0.3) is 17.1 Å². The van der Waals surface area contributed by atoms with Gasteiger partial charge in [0, 0.05) is 19.2 Å². The highest BCUT2D eigenvalue weighted by atomic mass is 16.1. The number of para-hydroxylation sites is 2. The van der Waals surface area contributed by atoms with Crippen LogP contribution in [0.5, 0.6) is 0 Å². The summed E-state index contributed by atoms with van der Waals surface area (Å²) in [7, 11) is 0. The van der Waals surface area contributed by atoms with Crippen LogP contribution in [0.3, 0.4) is 0 Å². The van der Waals surface area contributed by atoms with E-state index in [9.17, 15) is 4.79 Å². The lowest BCUT2D eigenvalue weighted by Gasteiger charge is -2.20. The molecule has 144 valence electrons. The van der Waals surface area contributed by atoms with E-state index >= 15 is 0 Å². The second-order valence-corrected chi connectivity index (χ2v) is 6.56. The van der Waals surface area contributed by atoms with Gasteiger partial charge >= 0.3 is 0 Å². The lowest BCUT2D eigenvalue weighted by Crippen LogP contribution is -2.25. The second-order valence-electron chi connectivity index (χ2n) is 6.56. The number of hydrogen-bond donors (Lipinski definition) is 1. The molecule has 28 heavy (non-hydrogen) atoms. The molecule has 1 aromatic heterocycles. The average molecular weight is 374 g/mol.